The molecule has 18 heavy (non-hydrogen) atoms. The van der Waals surface area contributed by atoms with E-state index in [2.05, 4.69) is 11.4 Å². The van der Waals surface area contributed by atoms with Crippen LogP contribution in [0.1, 0.15) is 18.4 Å². The number of hydrogen-bond acceptors (Lipinski definition) is 3. The molecule has 0 aliphatic carbocycles. The van der Waals surface area contributed by atoms with E-state index in [0.717, 1.165) is 25.9 Å². The van der Waals surface area contributed by atoms with Crippen LogP contribution in [-0.2, 0) is 0 Å². The molecular weight excluding hydrogens is 230 g/mol. The first-order valence-electron chi connectivity index (χ1n) is 5.89. The molecule has 0 spiro atoms. The van der Waals surface area contributed by atoms with Gasteiger partial charge >= 0.3 is 6.03 Å². The van der Waals surface area contributed by atoms with Gasteiger partial charge in [-0.05, 0) is 25.0 Å². The van der Waals surface area contributed by atoms with Crippen LogP contribution >= 0.6 is 0 Å². The molecule has 0 radical (unpaired) electrons. The third-order valence-corrected chi connectivity index (χ3v) is 2.99. The van der Waals surface area contributed by atoms with Crippen LogP contribution in [-0.4, -0.2) is 31.1 Å². The number of hydrogen-bond donors (Lipinski definition) is 1. The van der Waals surface area contributed by atoms with Crippen molar-refractivity contribution in [2.45, 2.75) is 12.8 Å². The largest absolute Gasteiger partial charge is 0.495 e. The first-order chi connectivity index (χ1) is 8.76. The van der Waals surface area contributed by atoms with Gasteiger partial charge in [0.15, 0.2) is 0 Å². The lowest BCUT2D eigenvalue weighted by Crippen LogP contribution is -2.32. The van der Waals surface area contributed by atoms with Gasteiger partial charge in [-0.15, -0.1) is 0 Å². The van der Waals surface area contributed by atoms with Gasteiger partial charge in [0.2, 0.25) is 0 Å². The number of nitrogens with one attached hydrogen (secondary N) is 1. The summed E-state index contributed by atoms with van der Waals surface area (Å²) in [6, 6.07) is 6.98. The molecule has 0 bridgehead atoms. The molecular formula is C13H15N3O2. The number of carbonyl (C=O) groups excluding carboxylic acids is 1. The Balaban J connectivity index is 2.22. The summed E-state index contributed by atoms with van der Waals surface area (Å²) in [5.41, 5.74) is 0.848. The second-order valence-corrected chi connectivity index (χ2v) is 4.12. The second kappa shape index (κ2) is 5.41. The average molecular weight is 245 g/mol. The third kappa shape index (κ3) is 2.38. The smallest absolute Gasteiger partial charge is 0.321 e. The van der Waals surface area contributed by atoms with Crippen LogP contribution in [0.5, 0.6) is 5.75 Å². The molecule has 1 fully saturated rings. The number of urea groups is 1. The average Bonchev–Trinajstić information content (AvgIpc) is 2.93. The molecule has 1 heterocycles. The molecule has 0 saturated carbocycles. The van der Waals surface area contributed by atoms with E-state index in [-0.39, 0.29) is 6.03 Å². The number of rotatable bonds is 2. The van der Waals surface area contributed by atoms with Crippen LogP contribution in [0.3, 0.4) is 0 Å². The summed E-state index contributed by atoms with van der Waals surface area (Å²) in [5, 5.41) is 11.8. The molecule has 5 nitrogen and oxygen atoms in total. The van der Waals surface area contributed by atoms with Gasteiger partial charge in [0, 0.05) is 13.1 Å². The van der Waals surface area contributed by atoms with Gasteiger partial charge in [-0.2, -0.15) is 5.26 Å². The topological polar surface area (TPSA) is 65.4 Å². The Morgan fingerprint density at radius 3 is 2.78 bits per heavy atom. The molecule has 0 unspecified atom stereocenters. The number of carbonyl (C=O) groups is 1. The zero-order chi connectivity index (χ0) is 13.0. The number of anilines is 1. The van der Waals surface area contributed by atoms with Crippen molar-refractivity contribution in [1.29, 1.82) is 5.26 Å². The van der Waals surface area contributed by atoms with Gasteiger partial charge in [0.05, 0.1) is 12.7 Å². The number of amides is 2. The monoisotopic (exact) mass is 245 g/mol. The minimum atomic E-state index is -0.173. The summed E-state index contributed by atoms with van der Waals surface area (Å²) in [7, 11) is 1.52. The van der Waals surface area contributed by atoms with E-state index in [0.29, 0.717) is 17.0 Å². The van der Waals surface area contributed by atoms with Crippen LogP contribution in [0.2, 0.25) is 0 Å². The van der Waals surface area contributed by atoms with E-state index in [1.807, 2.05) is 0 Å². The summed E-state index contributed by atoms with van der Waals surface area (Å²) >= 11 is 0. The van der Waals surface area contributed by atoms with E-state index < -0.39 is 0 Å². The Hall–Kier alpha value is -2.22. The highest BCUT2D eigenvalue weighted by atomic mass is 16.5. The molecule has 2 rings (SSSR count). The second-order valence-electron chi connectivity index (χ2n) is 4.12. The Morgan fingerprint density at radius 2 is 2.17 bits per heavy atom. The third-order valence-electron chi connectivity index (χ3n) is 2.99. The molecule has 1 aromatic rings. The fourth-order valence-corrected chi connectivity index (χ4v) is 2.03. The van der Waals surface area contributed by atoms with Crippen molar-refractivity contribution in [1.82, 2.24) is 4.90 Å². The van der Waals surface area contributed by atoms with Crippen molar-refractivity contribution in [3.63, 3.8) is 0 Å². The van der Waals surface area contributed by atoms with Crippen LogP contribution in [0.4, 0.5) is 10.5 Å². The van der Waals surface area contributed by atoms with Gasteiger partial charge in [-0.25, -0.2) is 4.79 Å². The number of nitriles is 1. The van der Waals surface area contributed by atoms with E-state index in [1.54, 1.807) is 23.1 Å². The van der Waals surface area contributed by atoms with Crippen molar-refractivity contribution < 1.29 is 9.53 Å². The van der Waals surface area contributed by atoms with Crippen molar-refractivity contribution >= 4 is 11.7 Å². The summed E-state index contributed by atoms with van der Waals surface area (Å²) in [5.74, 6) is 0.501. The first kappa shape index (κ1) is 12.2. The number of benzene rings is 1. The Labute approximate surface area is 106 Å². The highest BCUT2D eigenvalue weighted by molar-refractivity contribution is 5.92. The van der Waals surface area contributed by atoms with Crippen LogP contribution in [0.15, 0.2) is 18.2 Å². The molecule has 1 aromatic carbocycles. The normalized spacial score (nSPS) is 14.1. The zero-order valence-electron chi connectivity index (χ0n) is 10.3. The van der Waals surface area contributed by atoms with Crippen LogP contribution in [0.25, 0.3) is 0 Å². The minimum Gasteiger partial charge on any atom is -0.495 e. The van der Waals surface area contributed by atoms with E-state index in [9.17, 15) is 4.79 Å². The number of ether oxygens (including phenoxy) is 1. The van der Waals surface area contributed by atoms with Crippen molar-refractivity contribution in [3.05, 3.63) is 23.8 Å². The maximum atomic E-state index is 12.0. The first-order valence-corrected chi connectivity index (χ1v) is 5.89. The fourth-order valence-electron chi connectivity index (χ4n) is 2.03. The Kier molecular flexibility index (Phi) is 3.68. The lowest BCUT2D eigenvalue weighted by atomic mass is 10.2. The number of likely N-dealkylation sites (tertiary alicyclic amines) is 1. The predicted molar refractivity (Wildman–Crippen MR) is 67.5 cm³/mol. The molecule has 0 aromatic heterocycles. The highest BCUT2D eigenvalue weighted by Crippen LogP contribution is 2.28. The lowest BCUT2D eigenvalue weighted by molar-refractivity contribution is 0.222. The summed E-state index contributed by atoms with van der Waals surface area (Å²) in [6.07, 6.45) is 2.06. The quantitative estimate of drug-likeness (QED) is 0.868. The Morgan fingerprint density at radius 1 is 1.44 bits per heavy atom. The molecule has 0 atom stereocenters. The fraction of sp³-hybridized carbons (Fsp3) is 0.385. The molecule has 5 heteroatoms. The van der Waals surface area contributed by atoms with Crippen LogP contribution < -0.4 is 10.1 Å². The minimum absolute atomic E-state index is 0.173. The van der Waals surface area contributed by atoms with Gasteiger partial charge in [0.1, 0.15) is 17.5 Å². The molecule has 94 valence electrons. The summed E-state index contributed by atoms with van der Waals surface area (Å²) < 4.78 is 5.17. The number of para-hydroxylation sites is 1. The van der Waals surface area contributed by atoms with Gasteiger partial charge in [0.25, 0.3) is 0 Å². The SMILES string of the molecule is COc1cccc(C#N)c1NC(=O)N1CCCC1. The molecule has 2 amide bonds. The molecule has 1 saturated heterocycles. The molecule has 1 aliphatic heterocycles. The van der Waals surface area contributed by atoms with Crippen molar-refractivity contribution in [3.8, 4) is 11.8 Å². The maximum Gasteiger partial charge on any atom is 0.321 e. The van der Waals surface area contributed by atoms with E-state index in [4.69, 9.17) is 10.00 Å². The van der Waals surface area contributed by atoms with E-state index in [1.165, 1.54) is 7.11 Å². The molecule has 1 N–H and O–H groups in total. The van der Waals surface area contributed by atoms with Gasteiger partial charge in [-0.1, -0.05) is 6.07 Å². The van der Waals surface area contributed by atoms with E-state index >= 15 is 0 Å². The number of nitrogens with zero attached hydrogens (tertiary/aromatic N) is 2. The zero-order valence-corrected chi connectivity index (χ0v) is 10.3. The maximum absolute atomic E-state index is 12.0. The summed E-state index contributed by atoms with van der Waals surface area (Å²) in [6.45, 7) is 1.53. The van der Waals surface area contributed by atoms with Crippen molar-refractivity contribution in [2.75, 3.05) is 25.5 Å². The lowest BCUT2D eigenvalue weighted by Gasteiger charge is -2.18. The van der Waals surface area contributed by atoms with Gasteiger partial charge < -0.3 is 15.0 Å². The van der Waals surface area contributed by atoms with Gasteiger partial charge in [-0.3, -0.25) is 0 Å². The summed E-state index contributed by atoms with van der Waals surface area (Å²) in [4.78, 5) is 13.7. The van der Waals surface area contributed by atoms with Crippen LogP contribution in [0, 0.1) is 11.3 Å². The molecule has 1 aliphatic rings. The standard InChI is InChI=1S/C13H15N3O2/c1-18-11-6-4-5-10(9-14)12(11)15-13(17)16-7-2-3-8-16/h4-6H,2-3,7-8H2,1H3,(H,15,17). The predicted octanol–water partition coefficient (Wildman–Crippen LogP) is 2.19. The Bertz CT molecular complexity index is 487. The number of methoxy groups -OCH3 is 1. The van der Waals surface area contributed by atoms with Crippen molar-refractivity contribution in [2.24, 2.45) is 0 Å². The highest BCUT2D eigenvalue weighted by Gasteiger charge is 2.20.